The number of aryl methyl sites for hydroxylation is 1. The van der Waals surface area contributed by atoms with Crippen molar-refractivity contribution in [3.63, 3.8) is 0 Å². The summed E-state index contributed by atoms with van der Waals surface area (Å²) in [6, 6.07) is 13.1. The zero-order chi connectivity index (χ0) is 15.2. The van der Waals surface area contributed by atoms with E-state index < -0.39 is 0 Å². The number of rotatable bonds is 5. The molecule has 2 aromatic rings. The van der Waals surface area contributed by atoms with Gasteiger partial charge in [-0.2, -0.15) is 5.26 Å². The van der Waals surface area contributed by atoms with E-state index in [4.69, 9.17) is 19.5 Å². The van der Waals surface area contributed by atoms with Crippen LogP contribution in [0, 0.1) is 18.3 Å². The van der Waals surface area contributed by atoms with E-state index in [2.05, 4.69) is 6.07 Å². The topological polar surface area (TPSA) is 51.5 Å². The molecule has 21 heavy (non-hydrogen) atoms. The van der Waals surface area contributed by atoms with Crippen molar-refractivity contribution >= 4 is 0 Å². The third kappa shape index (κ3) is 3.46. The summed E-state index contributed by atoms with van der Waals surface area (Å²) >= 11 is 0. The standard InChI is InChI=1S/C17H17NO3/c1-12-4-6-16(17(8-12)20-3)21-11-14-9-13(10-18)5-7-15(14)19-2/h4-9H,11H2,1-3H3. The van der Waals surface area contributed by atoms with Crippen LogP contribution >= 0.6 is 0 Å². The molecule has 0 aliphatic heterocycles. The lowest BCUT2D eigenvalue weighted by Gasteiger charge is -2.13. The average Bonchev–Trinajstić information content (AvgIpc) is 2.53. The second-order valence-corrected chi connectivity index (χ2v) is 4.58. The lowest BCUT2D eigenvalue weighted by molar-refractivity contribution is 0.278. The molecule has 0 aliphatic rings. The quantitative estimate of drug-likeness (QED) is 0.843. The van der Waals surface area contributed by atoms with Crippen LogP contribution in [0.15, 0.2) is 36.4 Å². The first kappa shape index (κ1) is 14.7. The van der Waals surface area contributed by atoms with Gasteiger partial charge in [0.25, 0.3) is 0 Å². The van der Waals surface area contributed by atoms with Crippen molar-refractivity contribution < 1.29 is 14.2 Å². The fourth-order valence-electron chi connectivity index (χ4n) is 2.01. The molecule has 0 saturated heterocycles. The molecule has 0 fully saturated rings. The Morgan fingerprint density at radius 2 is 1.67 bits per heavy atom. The van der Waals surface area contributed by atoms with E-state index in [9.17, 15) is 0 Å². The number of hydrogen-bond acceptors (Lipinski definition) is 4. The first-order chi connectivity index (χ1) is 10.2. The van der Waals surface area contributed by atoms with Gasteiger partial charge in [0.1, 0.15) is 12.4 Å². The van der Waals surface area contributed by atoms with E-state index in [1.807, 2.05) is 25.1 Å². The minimum Gasteiger partial charge on any atom is -0.496 e. The van der Waals surface area contributed by atoms with Gasteiger partial charge in [-0.1, -0.05) is 6.07 Å². The van der Waals surface area contributed by atoms with Gasteiger partial charge in [-0.3, -0.25) is 0 Å². The molecule has 0 amide bonds. The van der Waals surface area contributed by atoms with Crippen molar-refractivity contribution in [2.24, 2.45) is 0 Å². The van der Waals surface area contributed by atoms with Gasteiger partial charge >= 0.3 is 0 Å². The number of ether oxygens (including phenoxy) is 3. The molecule has 0 heterocycles. The summed E-state index contributed by atoms with van der Waals surface area (Å²) < 4.78 is 16.4. The van der Waals surface area contributed by atoms with Gasteiger partial charge in [-0.05, 0) is 42.8 Å². The van der Waals surface area contributed by atoms with Gasteiger partial charge in [0.2, 0.25) is 0 Å². The predicted octanol–water partition coefficient (Wildman–Crippen LogP) is 3.46. The van der Waals surface area contributed by atoms with Gasteiger partial charge in [-0.25, -0.2) is 0 Å². The van der Waals surface area contributed by atoms with Crippen LogP contribution in [0.2, 0.25) is 0 Å². The second-order valence-electron chi connectivity index (χ2n) is 4.58. The lowest BCUT2D eigenvalue weighted by Crippen LogP contribution is -2.01. The van der Waals surface area contributed by atoms with Crippen molar-refractivity contribution in [1.29, 1.82) is 5.26 Å². The molecule has 4 nitrogen and oxygen atoms in total. The Balaban J connectivity index is 2.22. The highest BCUT2D eigenvalue weighted by Gasteiger charge is 2.08. The molecule has 0 N–H and O–H groups in total. The molecule has 2 aromatic carbocycles. The smallest absolute Gasteiger partial charge is 0.161 e. The largest absolute Gasteiger partial charge is 0.496 e. The molecule has 0 atom stereocenters. The Labute approximate surface area is 124 Å². The van der Waals surface area contributed by atoms with Crippen molar-refractivity contribution in [2.45, 2.75) is 13.5 Å². The summed E-state index contributed by atoms with van der Waals surface area (Å²) in [6.45, 7) is 2.30. The first-order valence-corrected chi connectivity index (χ1v) is 6.52. The Morgan fingerprint density at radius 1 is 0.952 bits per heavy atom. The van der Waals surface area contributed by atoms with Gasteiger partial charge in [0, 0.05) is 5.56 Å². The highest BCUT2D eigenvalue weighted by molar-refractivity contribution is 5.44. The summed E-state index contributed by atoms with van der Waals surface area (Å²) in [7, 11) is 3.20. The number of benzene rings is 2. The fourth-order valence-corrected chi connectivity index (χ4v) is 2.01. The summed E-state index contributed by atoms with van der Waals surface area (Å²) in [4.78, 5) is 0. The van der Waals surface area contributed by atoms with Crippen molar-refractivity contribution in [1.82, 2.24) is 0 Å². The lowest BCUT2D eigenvalue weighted by atomic mass is 10.1. The Bertz CT molecular complexity index is 674. The van der Waals surface area contributed by atoms with E-state index in [0.717, 1.165) is 11.1 Å². The van der Waals surface area contributed by atoms with Crippen LogP contribution in [-0.2, 0) is 6.61 Å². The van der Waals surface area contributed by atoms with Crippen molar-refractivity contribution in [3.8, 4) is 23.3 Å². The molecular weight excluding hydrogens is 266 g/mol. The second kappa shape index (κ2) is 6.67. The third-order valence-electron chi connectivity index (χ3n) is 3.11. The number of methoxy groups -OCH3 is 2. The SMILES string of the molecule is COc1ccc(C#N)cc1COc1ccc(C)cc1OC. The maximum Gasteiger partial charge on any atom is 0.161 e. The third-order valence-corrected chi connectivity index (χ3v) is 3.11. The van der Waals surface area contributed by atoms with E-state index >= 15 is 0 Å². The molecule has 4 heteroatoms. The molecule has 0 spiro atoms. The van der Waals surface area contributed by atoms with E-state index in [1.165, 1.54) is 0 Å². The zero-order valence-corrected chi connectivity index (χ0v) is 12.3. The summed E-state index contributed by atoms with van der Waals surface area (Å²) in [5, 5.41) is 8.97. The molecule has 0 aliphatic carbocycles. The van der Waals surface area contributed by atoms with Crippen molar-refractivity contribution in [2.75, 3.05) is 14.2 Å². The zero-order valence-electron chi connectivity index (χ0n) is 12.3. The highest BCUT2D eigenvalue weighted by Crippen LogP contribution is 2.29. The normalized spacial score (nSPS) is 9.81. The van der Waals surface area contributed by atoms with Gasteiger partial charge < -0.3 is 14.2 Å². The minimum absolute atomic E-state index is 0.304. The summed E-state index contributed by atoms with van der Waals surface area (Å²) in [5.74, 6) is 2.04. The molecule has 0 aromatic heterocycles. The van der Waals surface area contributed by atoms with Gasteiger partial charge in [-0.15, -0.1) is 0 Å². The Morgan fingerprint density at radius 3 is 2.33 bits per heavy atom. The minimum atomic E-state index is 0.304. The number of hydrogen-bond donors (Lipinski definition) is 0. The average molecular weight is 283 g/mol. The van der Waals surface area contributed by atoms with Gasteiger partial charge in [0.05, 0.1) is 25.9 Å². The van der Waals surface area contributed by atoms with Crippen LogP contribution in [0.1, 0.15) is 16.7 Å². The van der Waals surface area contributed by atoms with Crippen LogP contribution in [0.3, 0.4) is 0 Å². The Kier molecular flexibility index (Phi) is 4.68. The van der Waals surface area contributed by atoms with Crippen LogP contribution in [-0.4, -0.2) is 14.2 Å². The van der Waals surface area contributed by atoms with Crippen molar-refractivity contribution in [3.05, 3.63) is 53.1 Å². The van der Waals surface area contributed by atoms with Crippen LogP contribution in [0.5, 0.6) is 17.2 Å². The van der Waals surface area contributed by atoms with Crippen LogP contribution in [0.4, 0.5) is 0 Å². The summed E-state index contributed by atoms with van der Waals surface area (Å²) in [5.41, 5.74) is 2.49. The summed E-state index contributed by atoms with van der Waals surface area (Å²) in [6.07, 6.45) is 0. The molecule has 108 valence electrons. The predicted molar refractivity (Wildman–Crippen MR) is 79.8 cm³/mol. The van der Waals surface area contributed by atoms with E-state index in [1.54, 1.807) is 32.4 Å². The monoisotopic (exact) mass is 283 g/mol. The van der Waals surface area contributed by atoms with Crippen LogP contribution in [0.25, 0.3) is 0 Å². The maximum absolute atomic E-state index is 8.97. The molecule has 2 rings (SSSR count). The molecular formula is C17H17NO3. The molecule has 0 bridgehead atoms. The Hall–Kier alpha value is -2.67. The number of nitriles is 1. The van der Waals surface area contributed by atoms with E-state index in [0.29, 0.717) is 29.4 Å². The molecule has 0 saturated carbocycles. The first-order valence-electron chi connectivity index (χ1n) is 6.52. The van der Waals surface area contributed by atoms with Gasteiger partial charge in [0.15, 0.2) is 11.5 Å². The fraction of sp³-hybridized carbons (Fsp3) is 0.235. The van der Waals surface area contributed by atoms with Crippen LogP contribution < -0.4 is 14.2 Å². The molecule has 0 radical (unpaired) electrons. The number of nitrogens with zero attached hydrogens (tertiary/aromatic N) is 1. The highest BCUT2D eigenvalue weighted by atomic mass is 16.5. The van der Waals surface area contributed by atoms with E-state index in [-0.39, 0.29) is 0 Å². The maximum atomic E-state index is 8.97. The molecule has 0 unspecified atom stereocenters.